The molecule has 106 valence electrons. The molecule has 21 heavy (non-hydrogen) atoms. The van der Waals surface area contributed by atoms with Crippen LogP contribution in [0.4, 0.5) is 0 Å². The van der Waals surface area contributed by atoms with Crippen molar-refractivity contribution in [2.45, 2.75) is 26.2 Å². The molecule has 0 N–H and O–H groups in total. The van der Waals surface area contributed by atoms with Gasteiger partial charge in [0, 0.05) is 17.7 Å². The standard InChI is InChI=1S/C19H18O2/c1-3-16-18(15-11-7-8-12-17(15)21-16)19(20)13(2)14-9-5-4-6-10-14/h4-13H,3H2,1-2H3. The molecule has 0 aliphatic rings. The average molecular weight is 278 g/mol. The maximum Gasteiger partial charge on any atom is 0.174 e. The van der Waals surface area contributed by atoms with Gasteiger partial charge in [0.2, 0.25) is 0 Å². The topological polar surface area (TPSA) is 30.2 Å². The Morgan fingerprint density at radius 1 is 1.05 bits per heavy atom. The van der Waals surface area contributed by atoms with Crippen LogP contribution in [0.3, 0.4) is 0 Å². The second kappa shape index (κ2) is 5.57. The molecule has 3 rings (SSSR count). The second-order valence-electron chi connectivity index (χ2n) is 5.25. The Hall–Kier alpha value is -2.35. The van der Waals surface area contributed by atoms with Gasteiger partial charge in [-0.3, -0.25) is 4.79 Å². The van der Waals surface area contributed by atoms with Crippen molar-refractivity contribution in [3.63, 3.8) is 0 Å². The number of benzene rings is 2. The van der Waals surface area contributed by atoms with Crippen LogP contribution >= 0.6 is 0 Å². The first-order valence-corrected chi connectivity index (χ1v) is 7.32. The van der Waals surface area contributed by atoms with Crippen molar-refractivity contribution in [2.24, 2.45) is 0 Å². The van der Waals surface area contributed by atoms with Crippen molar-refractivity contribution in [1.82, 2.24) is 0 Å². The van der Waals surface area contributed by atoms with Crippen molar-refractivity contribution in [1.29, 1.82) is 0 Å². The van der Waals surface area contributed by atoms with Crippen LogP contribution in [0.2, 0.25) is 0 Å². The van der Waals surface area contributed by atoms with Crippen LogP contribution in [0.15, 0.2) is 59.0 Å². The fourth-order valence-corrected chi connectivity index (χ4v) is 2.72. The van der Waals surface area contributed by atoms with E-state index in [-0.39, 0.29) is 11.7 Å². The lowest BCUT2D eigenvalue weighted by Crippen LogP contribution is -2.11. The van der Waals surface area contributed by atoms with Crippen LogP contribution in [0.5, 0.6) is 0 Å². The molecule has 0 saturated carbocycles. The Labute approximate surface area is 124 Å². The first-order valence-electron chi connectivity index (χ1n) is 7.32. The number of aryl methyl sites for hydroxylation is 1. The van der Waals surface area contributed by atoms with Gasteiger partial charge >= 0.3 is 0 Å². The Balaban J connectivity index is 2.09. The van der Waals surface area contributed by atoms with E-state index in [1.54, 1.807) is 0 Å². The molecule has 3 aromatic rings. The Bertz CT molecular complexity index is 769. The van der Waals surface area contributed by atoms with Gasteiger partial charge < -0.3 is 4.42 Å². The second-order valence-corrected chi connectivity index (χ2v) is 5.25. The summed E-state index contributed by atoms with van der Waals surface area (Å²) < 4.78 is 5.83. The van der Waals surface area contributed by atoms with Crippen molar-refractivity contribution in [3.05, 3.63) is 71.5 Å². The van der Waals surface area contributed by atoms with E-state index in [1.165, 1.54) is 0 Å². The van der Waals surface area contributed by atoms with Crippen molar-refractivity contribution in [2.75, 3.05) is 0 Å². The summed E-state index contributed by atoms with van der Waals surface area (Å²) in [5, 5.41) is 0.919. The summed E-state index contributed by atoms with van der Waals surface area (Å²) in [6, 6.07) is 17.6. The molecule has 0 saturated heterocycles. The van der Waals surface area contributed by atoms with E-state index in [0.29, 0.717) is 0 Å². The lowest BCUT2D eigenvalue weighted by Gasteiger charge is -2.11. The molecule has 2 nitrogen and oxygen atoms in total. The fraction of sp³-hybridized carbons (Fsp3) is 0.211. The van der Waals surface area contributed by atoms with Crippen LogP contribution in [0, 0.1) is 0 Å². The van der Waals surface area contributed by atoms with Crippen molar-refractivity contribution < 1.29 is 9.21 Å². The molecule has 0 amide bonds. The van der Waals surface area contributed by atoms with Gasteiger partial charge in [0.1, 0.15) is 11.3 Å². The smallest absolute Gasteiger partial charge is 0.174 e. The SMILES string of the molecule is CCc1oc2ccccc2c1C(=O)C(C)c1ccccc1. The minimum atomic E-state index is -0.169. The summed E-state index contributed by atoms with van der Waals surface area (Å²) >= 11 is 0. The third-order valence-electron chi connectivity index (χ3n) is 3.93. The molecule has 1 unspecified atom stereocenters. The third-order valence-corrected chi connectivity index (χ3v) is 3.93. The minimum Gasteiger partial charge on any atom is -0.460 e. The third kappa shape index (κ3) is 2.38. The number of rotatable bonds is 4. The van der Waals surface area contributed by atoms with Crippen LogP contribution in [-0.4, -0.2) is 5.78 Å². The highest BCUT2D eigenvalue weighted by Gasteiger charge is 2.24. The highest BCUT2D eigenvalue weighted by molar-refractivity contribution is 6.11. The zero-order valence-corrected chi connectivity index (χ0v) is 12.3. The number of hydrogen-bond acceptors (Lipinski definition) is 2. The lowest BCUT2D eigenvalue weighted by atomic mass is 9.90. The zero-order chi connectivity index (χ0) is 14.8. The van der Waals surface area contributed by atoms with Crippen LogP contribution < -0.4 is 0 Å². The summed E-state index contributed by atoms with van der Waals surface area (Å²) in [7, 11) is 0. The molecule has 1 atom stereocenters. The van der Waals surface area contributed by atoms with Gasteiger partial charge in [-0.25, -0.2) is 0 Å². The molecular formula is C19H18O2. The van der Waals surface area contributed by atoms with E-state index in [0.717, 1.165) is 34.3 Å². The van der Waals surface area contributed by atoms with Gasteiger partial charge in [0.25, 0.3) is 0 Å². The van der Waals surface area contributed by atoms with Crippen LogP contribution in [0.1, 0.15) is 41.4 Å². The predicted octanol–water partition coefficient (Wildman–Crippen LogP) is 4.98. The lowest BCUT2D eigenvalue weighted by molar-refractivity contribution is 0.0965. The largest absolute Gasteiger partial charge is 0.460 e. The number of furan rings is 1. The minimum absolute atomic E-state index is 0.128. The number of Topliss-reactive ketones (excluding diaryl/α,β-unsaturated/α-hetero) is 1. The van der Waals surface area contributed by atoms with Gasteiger partial charge in [-0.2, -0.15) is 0 Å². The average Bonchev–Trinajstić information content (AvgIpc) is 2.92. The number of para-hydroxylation sites is 1. The molecular weight excluding hydrogens is 260 g/mol. The molecule has 0 bridgehead atoms. The van der Waals surface area contributed by atoms with Gasteiger partial charge in [-0.1, -0.05) is 62.4 Å². The fourth-order valence-electron chi connectivity index (χ4n) is 2.72. The molecule has 0 spiro atoms. The van der Waals surface area contributed by atoms with Gasteiger partial charge in [-0.05, 0) is 11.6 Å². The summed E-state index contributed by atoms with van der Waals surface area (Å²) in [6.45, 7) is 3.97. The van der Waals surface area contributed by atoms with E-state index in [1.807, 2.05) is 68.4 Å². The summed E-state index contributed by atoms with van der Waals surface area (Å²) in [5.74, 6) is 0.740. The maximum absolute atomic E-state index is 12.9. The van der Waals surface area contributed by atoms with E-state index < -0.39 is 0 Å². The molecule has 2 heteroatoms. The molecule has 0 aliphatic heterocycles. The highest BCUT2D eigenvalue weighted by Crippen LogP contribution is 2.31. The van der Waals surface area contributed by atoms with Crippen molar-refractivity contribution in [3.8, 4) is 0 Å². The monoisotopic (exact) mass is 278 g/mol. The predicted molar refractivity (Wildman–Crippen MR) is 84.8 cm³/mol. The number of hydrogen-bond donors (Lipinski definition) is 0. The number of carbonyl (C=O) groups is 1. The first kappa shape index (κ1) is 13.6. The summed E-state index contributed by atoms with van der Waals surface area (Å²) in [5.41, 5.74) is 2.57. The van der Waals surface area contributed by atoms with E-state index >= 15 is 0 Å². The summed E-state index contributed by atoms with van der Waals surface area (Å²) in [6.07, 6.45) is 0.720. The number of carbonyl (C=O) groups excluding carboxylic acids is 1. The van der Waals surface area contributed by atoms with E-state index in [4.69, 9.17) is 4.42 Å². The van der Waals surface area contributed by atoms with E-state index in [9.17, 15) is 4.79 Å². The molecule has 2 aromatic carbocycles. The Morgan fingerprint density at radius 2 is 1.71 bits per heavy atom. The normalized spacial score (nSPS) is 12.5. The highest BCUT2D eigenvalue weighted by atomic mass is 16.3. The molecule has 0 fully saturated rings. The Morgan fingerprint density at radius 3 is 2.43 bits per heavy atom. The molecule has 1 heterocycles. The van der Waals surface area contributed by atoms with Crippen LogP contribution in [-0.2, 0) is 6.42 Å². The number of ketones is 1. The quantitative estimate of drug-likeness (QED) is 0.630. The number of fused-ring (bicyclic) bond motifs is 1. The first-order chi connectivity index (χ1) is 10.2. The zero-order valence-electron chi connectivity index (χ0n) is 12.3. The Kier molecular flexibility index (Phi) is 3.61. The molecule has 0 radical (unpaired) electrons. The van der Waals surface area contributed by atoms with Crippen molar-refractivity contribution >= 4 is 16.8 Å². The van der Waals surface area contributed by atoms with E-state index in [2.05, 4.69) is 0 Å². The van der Waals surface area contributed by atoms with Gasteiger partial charge in [-0.15, -0.1) is 0 Å². The summed E-state index contributed by atoms with van der Waals surface area (Å²) in [4.78, 5) is 12.9. The van der Waals surface area contributed by atoms with Crippen LogP contribution in [0.25, 0.3) is 11.0 Å². The molecule has 0 aliphatic carbocycles. The molecule has 1 aromatic heterocycles. The van der Waals surface area contributed by atoms with Gasteiger partial charge in [0.15, 0.2) is 5.78 Å². The maximum atomic E-state index is 12.9. The van der Waals surface area contributed by atoms with Gasteiger partial charge in [0.05, 0.1) is 5.56 Å².